The molecule has 2 aromatic carbocycles. The summed E-state index contributed by atoms with van der Waals surface area (Å²) in [4.78, 5) is 0. The predicted molar refractivity (Wildman–Crippen MR) is 74.5 cm³/mol. The summed E-state index contributed by atoms with van der Waals surface area (Å²) in [5.41, 5.74) is 1.38. The van der Waals surface area contributed by atoms with Crippen molar-refractivity contribution in [1.82, 2.24) is 0 Å². The molecule has 0 N–H and O–H groups in total. The maximum Gasteiger partial charge on any atom is 0.160 e. The Morgan fingerprint density at radius 1 is 1.15 bits per heavy atom. The Morgan fingerprint density at radius 2 is 1.85 bits per heavy atom. The Hall–Kier alpha value is -1.32. The van der Waals surface area contributed by atoms with Gasteiger partial charge in [-0.1, -0.05) is 29.8 Å². The van der Waals surface area contributed by atoms with Crippen LogP contribution in [0.15, 0.2) is 36.4 Å². The van der Waals surface area contributed by atoms with Crippen LogP contribution in [0, 0.1) is 11.6 Å². The third kappa shape index (κ3) is 2.36. The van der Waals surface area contributed by atoms with Crippen LogP contribution < -0.4 is 4.74 Å². The number of alkyl halides is 1. The van der Waals surface area contributed by atoms with Crippen molar-refractivity contribution < 1.29 is 13.5 Å². The lowest BCUT2D eigenvalue weighted by atomic mass is 10.0. The highest BCUT2D eigenvalue weighted by atomic mass is 35.5. The minimum atomic E-state index is -0.988. The summed E-state index contributed by atoms with van der Waals surface area (Å²) in [6.07, 6.45) is 0.260. The van der Waals surface area contributed by atoms with Gasteiger partial charge in [0.15, 0.2) is 11.6 Å². The van der Waals surface area contributed by atoms with Gasteiger partial charge in [-0.2, -0.15) is 0 Å². The molecule has 1 heterocycles. The smallest absolute Gasteiger partial charge is 0.160 e. The van der Waals surface area contributed by atoms with E-state index in [-0.39, 0.29) is 11.1 Å². The van der Waals surface area contributed by atoms with Crippen LogP contribution in [0.1, 0.15) is 16.5 Å². The highest BCUT2D eigenvalue weighted by Crippen LogP contribution is 2.39. The van der Waals surface area contributed by atoms with Gasteiger partial charge in [0.25, 0.3) is 0 Å². The number of hydrogen-bond donors (Lipinski definition) is 0. The van der Waals surface area contributed by atoms with E-state index in [1.807, 2.05) is 24.3 Å². The summed E-state index contributed by atoms with van der Waals surface area (Å²) >= 11 is 12.3. The van der Waals surface area contributed by atoms with Crippen LogP contribution >= 0.6 is 23.2 Å². The van der Waals surface area contributed by atoms with Crippen molar-refractivity contribution in [3.05, 3.63) is 64.2 Å². The molecule has 2 unspecified atom stereocenters. The Kier molecular flexibility index (Phi) is 3.57. The zero-order valence-electron chi connectivity index (χ0n) is 10.2. The van der Waals surface area contributed by atoms with E-state index in [2.05, 4.69) is 0 Å². The standard InChI is InChI=1S/C15H10Cl2F2O/c16-10-7-12(19)11(18)6-9(10)15(17)14-5-8-3-1-2-4-13(8)20-14/h1-4,6-7,14-15H,5H2. The molecule has 1 aliphatic rings. The van der Waals surface area contributed by atoms with Crippen LogP contribution in [0.3, 0.4) is 0 Å². The van der Waals surface area contributed by atoms with Gasteiger partial charge >= 0.3 is 0 Å². The molecule has 1 nitrogen and oxygen atoms in total. The van der Waals surface area contributed by atoms with Crippen molar-refractivity contribution in [3.8, 4) is 5.75 Å². The molecule has 0 aliphatic carbocycles. The molecule has 0 spiro atoms. The zero-order valence-corrected chi connectivity index (χ0v) is 11.8. The second-order valence-electron chi connectivity index (χ2n) is 4.66. The Morgan fingerprint density at radius 3 is 2.60 bits per heavy atom. The van der Waals surface area contributed by atoms with Crippen molar-refractivity contribution in [2.24, 2.45) is 0 Å². The van der Waals surface area contributed by atoms with E-state index in [0.29, 0.717) is 12.0 Å². The van der Waals surface area contributed by atoms with Gasteiger partial charge in [0.2, 0.25) is 0 Å². The highest BCUT2D eigenvalue weighted by molar-refractivity contribution is 6.32. The van der Waals surface area contributed by atoms with Crippen LogP contribution in [-0.4, -0.2) is 6.10 Å². The summed E-state index contributed by atoms with van der Waals surface area (Å²) in [6, 6.07) is 9.55. The van der Waals surface area contributed by atoms with Crippen LogP contribution in [0.25, 0.3) is 0 Å². The quantitative estimate of drug-likeness (QED) is 0.566. The van der Waals surface area contributed by atoms with Crippen LogP contribution in [0.5, 0.6) is 5.75 Å². The molecule has 0 saturated carbocycles. The molecule has 0 saturated heterocycles. The van der Waals surface area contributed by atoms with Crippen molar-refractivity contribution in [2.45, 2.75) is 17.9 Å². The monoisotopic (exact) mass is 314 g/mol. The Balaban J connectivity index is 1.88. The number of fused-ring (bicyclic) bond motifs is 1. The molecule has 0 aromatic heterocycles. The lowest BCUT2D eigenvalue weighted by Crippen LogP contribution is -2.20. The van der Waals surface area contributed by atoms with E-state index in [9.17, 15) is 8.78 Å². The van der Waals surface area contributed by atoms with Gasteiger partial charge in [-0.25, -0.2) is 8.78 Å². The van der Waals surface area contributed by atoms with E-state index in [1.54, 1.807) is 0 Å². The minimum Gasteiger partial charge on any atom is -0.488 e. The number of rotatable bonds is 2. The third-order valence-electron chi connectivity index (χ3n) is 3.34. The van der Waals surface area contributed by atoms with Crippen molar-refractivity contribution >= 4 is 23.2 Å². The van der Waals surface area contributed by atoms with Crippen molar-refractivity contribution in [3.63, 3.8) is 0 Å². The van der Waals surface area contributed by atoms with Gasteiger partial charge in [0.1, 0.15) is 11.9 Å². The van der Waals surface area contributed by atoms with E-state index in [1.165, 1.54) is 0 Å². The SMILES string of the molecule is Fc1cc(Cl)c(C(Cl)C2Cc3ccccc3O2)cc1F. The van der Waals surface area contributed by atoms with Crippen molar-refractivity contribution in [1.29, 1.82) is 0 Å². The maximum absolute atomic E-state index is 13.3. The first-order valence-corrected chi connectivity index (χ1v) is 6.91. The fourth-order valence-electron chi connectivity index (χ4n) is 2.32. The number of halogens is 4. The molecule has 0 radical (unpaired) electrons. The molecule has 0 bridgehead atoms. The Labute approximate surface area is 125 Å². The summed E-state index contributed by atoms with van der Waals surface area (Å²) in [7, 11) is 0. The van der Waals surface area contributed by atoms with Gasteiger partial charge in [-0.05, 0) is 29.3 Å². The predicted octanol–water partition coefficient (Wildman–Crippen LogP) is 4.90. The topological polar surface area (TPSA) is 9.23 Å². The number of hydrogen-bond acceptors (Lipinski definition) is 1. The average molecular weight is 315 g/mol. The largest absolute Gasteiger partial charge is 0.488 e. The molecule has 2 atom stereocenters. The van der Waals surface area contributed by atoms with Gasteiger partial charge in [-0.15, -0.1) is 11.6 Å². The molecule has 20 heavy (non-hydrogen) atoms. The second kappa shape index (κ2) is 5.23. The summed E-state index contributed by atoms with van der Waals surface area (Å²) in [5, 5.41) is -0.548. The molecule has 0 amide bonds. The van der Waals surface area contributed by atoms with E-state index in [0.717, 1.165) is 23.4 Å². The van der Waals surface area contributed by atoms with Crippen LogP contribution in [0.2, 0.25) is 5.02 Å². The second-order valence-corrected chi connectivity index (χ2v) is 5.54. The first kappa shape index (κ1) is 13.7. The van der Waals surface area contributed by atoms with E-state index in [4.69, 9.17) is 27.9 Å². The average Bonchev–Trinajstić information content (AvgIpc) is 2.86. The normalized spacial score (nSPS) is 18.5. The zero-order chi connectivity index (χ0) is 14.3. The van der Waals surface area contributed by atoms with Crippen molar-refractivity contribution in [2.75, 3.05) is 0 Å². The molecular formula is C15H10Cl2F2O. The van der Waals surface area contributed by atoms with Crippen LogP contribution in [0.4, 0.5) is 8.78 Å². The molecular weight excluding hydrogens is 305 g/mol. The molecule has 0 fully saturated rings. The number of benzene rings is 2. The lowest BCUT2D eigenvalue weighted by molar-refractivity contribution is 0.227. The number of ether oxygens (including phenoxy) is 1. The van der Waals surface area contributed by atoms with E-state index >= 15 is 0 Å². The summed E-state index contributed by atoms with van der Waals surface area (Å²) in [6.45, 7) is 0. The summed E-state index contributed by atoms with van der Waals surface area (Å²) < 4.78 is 32.2. The van der Waals surface area contributed by atoms with Gasteiger partial charge in [0, 0.05) is 11.4 Å². The highest BCUT2D eigenvalue weighted by Gasteiger charge is 2.31. The van der Waals surface area contributed by atoms with Gasteiger partial charge < -0.3 is 4.74 Å². The molecule has 5 heteroatoms. The fraction of sp³-hybridized carbons (Fsp3) is 0.200. The Bertz CT molecular complexity index is 635. The van der Waals surface area contributed by atoms with Crippen LogP contribution in [-0.2, 0) is 6.42 Å². The van der Waals surface area contributed by atoms with Gasteiger partial charge in [0.05, 0.1) is 5.38 Å². The minimum absolute atomic E-state index is 0.100. The maximum atomic E-state index is 13.3. The van der Waals surface area contributed by atoms with Gasteiger partial charge in [-0.3, -0.25) is 0 Å². The lowest BCUT2D eigenvalue weighted by Gasteiger charge is -2.19. The van der Waals surface area contributed by atoms with E-state index < -0.39 is 17.0 Å². The molecule has 1 aliphatic heterocycles. The summed E-state index contributed by atoms with van der Waals surface area (Å²) in [5.74, 6) is -1.19. The first-order valence-electron chi connectivity index (χ1n) is 6.09. The third-order valence-corrected chi connectivity index (χ3v) is 4.18. The first-order chi connectivity index (χ1) is 9.56. The molecule has 104 valence electrons. The fourth-order valence-corrected chi connectivity index (χ4v) is 2.97. The molecule has 2 aromatic rings. The molecule has 3 rings (SSSR count). The number of para-hydroxylation sites is 1.